The molecule has 1 aliphatic rings. The first kappa shape index (κ1) is 14.2. The van der Waals surface area contributed by atoms with Crippen molar-refractivity contribution < 1.29 is 4.79 Å². The highest BCUT2D eigenvalue weighted by Gasteiger charge is 2.15. The minimum atomic E-state index is 0.266. The summed E-state index contributed by atoms with van der Waals surface area (Å²) < 4.78 is 0. The highest BCUT2D eigenvalue weighted by atomic mass is 16.1. The second-order valence-corrected chi connectivity index (χ2v) is 5.62. The molecule has 1 aromatic rings. The van der Waals surface area contributed by atoms with Crippen molar-refractivity contribution >= 4 is 5.78 Å². The quantitative estimate of drug-likeness (QED) is 0.775. The van der Waals surface area contributed by atoms with E-state index in [1.807, 2.05) is 18.2 Å². The lowest BCUT2D eigenvalue weighted by Crippen LogP contribution is -2.45. The lowest BCUT2D eigenvalue weighted by Gasteiger charge is -2.32. The molecule has 1 heterocycles. The van der Waals surface area contributed by atoms with Crippen LogP contribution < -0.4 is 0 Å². The van der Waals surface area contributed by atoms with Crippen LogP contribution in [0.4, 0.5) is 0 Å². The first-order valence-electron chi connectivity index (χ1n) is 7.07. The van der Waals surface area contributed by atoms with Crippen LogP contribution in [0.25, 0.3) is 0 Å². The molecule has 2 rings (SSSR count). The van der Waals surface area contributed by atoms with Gasteiger partial charge >= 0.3 is 0 Å². The average molecular weight is 260 g/mol. The van der Waals surface area contributed by atoms with Crippen LogP contribution in [-0.4, -0.2) is 55.4 Å². The highest BCUT2D eigenvalue weighted by molar-refractivity contribution is 5.96. The largest absolute Gasteiger partial charge is 0.304 e. The molecule has 0 aliphatic carbocycles. The fraction of sp³-hybridized carbons (Fsp3) is 0.562. The monoisotopic (exact) mass is 260 g/mol. The Morgan fingerprint density at radius 1 is 1.11 bits per heavy atom. The smallest absolute Gasteiger partial charge is 0.164 e. The number of hydrogen-bond acceptors (Lipinski definition) is 3. The van der Waals surface area contributed by atoms with E-state index in [1.165, 1.54) is 11.1 Å². The number of hydrogen-bond donors (Lipinski definition) is 0. The maximum absolute atomic E-state index is 12.2. The molecule has 19 heavy (non-hydrogen) atoms. The van der Waals surface area contributed by atoms with Crippen LogP contribution in [0, 0.1) is 13.8 Å². The van der Waals surface area contributed by atoms with E-state index >= 15 is 0 Å². The van der Waals surface area contributed by atoms with Gasteiger partial charge < -0.3 is 9.80 Å². The molecule has 0 unspecified atom stereocenters. The van der Waals surface area contributed by atoms with Crippen molar-refractivity contribution in [3.63, 3.8) is 0 Å². The van der Waals surface area contributed by atoms with Crippen molar-refractivity contribution in [2.75, 3.05) is 39.8 Å². The standard InChI is InChI=1S/C16H24N2O/c1-13-4-5-15(12-14(13)2)16(19)6-7-18-10-8-17(3)9-11-18/h4-5,12H,6-11H2,1-3H3. The third-order valence-electron chi connectivity index (χ3n) is 4.08. The Morgan fingerprint density at radius 3 is 2.42 bits per heavy atom. The van der Waals surface area contributed by atoms with Crippen LogP contribution in [0.3, 0.4) is 0 Å². The van der Waals surface area contributed by atoms with Gasteiger partial charge in [0.1, 0.15) is 0 Å². The molecule has 0 N–H and O–H groups in total. The number of ketones is 1. The predicted molar refractivity (Wildman–Crippen MR) is 78.8 cm³/mol. The molecule has 0 atom stereocenters. The summed E-state index contributed by atoms with van der Waals surface area (Å²) in [4.78, 5) is 16.9. The van der Waals surface area contributed by atoms with Gasteiger partial charge in [0.15, 0.2) is 5.78 Å². The number of benzene rings is 1. The Kier molecular flexibility index (Phi) is 4.72. The van der Waals surface area contributed by atoms with Gasteiger partial charge in [-0.3, -0.25) is 4.79 Å². The molecule has 0 bridgehead atoms. The molecule has 0 radical (unpaired) electrons. The van der Waals surface area contributed by atoms with Gasteiger partial charge in [-0.15, -0.1) is 0 Å². The summed E-state index contributed by atoms with van der Waals surface area (Å²) in [6.07, 6.45) is 0.631. The van der Waals surface area contributed by atoms with Crippen LogP contribution in [0.15, 0.2) is 18.2 Å². The van der Waals surface area contributed by atoms with E-state index in [4.69, 9.17) is 0 Å². The molecule has 1 aromatic carbocycles. The van der Waals surface area contributed by atoms with Crippen LogP contribution in [-0.2, 0) is 0 Å². The molecule has 1 aliphatic heterocycles. The average Bonchev–Trinajstić information content (AvgIpc) is 2.41. The van der Waals surface area contributed by atoms with Crippen molar-refractivity contribution in [3.05, 3.63) is 34.9 Å². The first-order valence-corrected chi connectivity index (χ1v) is 7.07. The predicted octanol–water partition coefficient (Wildman–Crippen LogP) is 2.12. The Labute approximate surface area is 116 Å². The van der Waals surface area contributed by atoms with Crippen LogP contribution in [0.2, 0.25) is 0 Å². The van der Waals surface area contributed by atoms with Gasteiger partial charge in [0.05, 0.1) is 0 Å². The lowest BCUT2D eigenvalue weighted by atomic mass is 10.0. The van der Waals surface area contributed by atoms with Gasteiger partial charge in [-0.05, 0) is 38.1 Å². The highest BCUT2D eigenvalue weighted by Crippen LogP contribution is 2.12. The molecule has 1 fully saturated rings. The van der Waals surface area contributed by atoms with E-state index in [2.05, 4.69) is 30.7 Å². The summed E-state index contributed by atoms with van der Waals surface area (Å²) >= 11 is 0. The lowest BCUT2D eigenvalue weighted by molar-refractivity contribution is 0.0942. The summed E-state index contributed by atoms with van der Waals surface area (Å²) in [6, 6.07) is 6.01. The fourth-order valence-corrected chi connectivity index (χ4v) is 2.39. The molecule has 3 heteroatoms. The number of carbonyl (C=O) groups is 1. The summed E-state index contributed by atoms with van der Waals surface area (Å²) in [5.41, 5.74) is 3.30. The van der Waals surface area contributed by atoms with E-state index in [-0.39, 0.29) is 5.78 Å². The van der Waals surface area contributed by atoms with E-state index in [0.29, 0.717) is 6.42 Å². The Balaban J connectivity index is 1.85. The van der Waals surface area contributed by atoms with E-state index in [0.717, 1.165) is 38.3 Å². The number of likely N-dealkylation sites (N-methyl/N-ethyl adjacent to an activating group) is 1. The summed E-state index contributed by atoms with van der Waals surface area (Å²) in [6.45, 7) is 9.41. The number of nitrogens with zero attached hydrogens (tertiary/aromatic N) is 2. The topological polar surface area (TPSA) is 23.6 Å². The third-order valence-corrected chi connectivity index (χ3v) is 4.08. The molecule has 0 saturated carbocycles. The van der Waals surface area contributed by atoms with Crippen molar-refractivity contribution in [1.29, 1.82) is 0 Å². The maximum Gasteiger partial charge on any atom is 0.164 e. The van der Waals surface area contributed by atoms with E-state index < -0.39 is 0 Å². The Bertz CT molecular complexity index is 448. The van der Waals surface area contributed by atoms with Gasteiger partial charge in [-0.1, -0.05) is 12.1 Å². The molecule has 104 valence electrons. The third kappa shape index (κ3) is 3.88. The Hall–Kier alpha value is -1.19. The summed E-state index contributed by atoms with van der Waals surface area (Å²) in [7, 11) is 2.15. The zero-order valence-corrected chi connectivity index (χ0v) is 12.3. The molecule has 3 nitrogen and oxygen atoms in total. The zero-order valence-electron chi connectivity index (χ0n) is 12.3. The van der Waals surface area contributed by atoms with Crippen molar-refractivity contribution in [1.82, 2.24) is 9.80 Å². The Morgan fingerprint density at radius 2 is 1.79 bits per heavy atom. The van der Waals surface area contributed by atoms with E-state index in [1.54, 1.807) is 0 Å². The maximum atomic E-state index is 12.2. The molecule has 0 aromatic heterocycles. The minimum Gasteiger partial charge on any atom is -0.304 e. The molecule has 0 amide bonds. The molecular weight excluding hydrogens is 236 g/mol. The van der Waals surface area contributed by atoms with Gasteiger partial charge in [0, 0.05) is 44.7 Å². The van der Waals surface area contributed by atoms with Crippen LogP contribution >= 0.6 is 0 Å². The van der Waals surface area contributed by atoms with Gasteiger partial charge in [-0.25, -0.2) is 0 Å². The number of rotatable bonds is 4. The normalized spacial score (nSPS) is 17.6. The second-order valence-electron chi connectivity index (χ2n) is 5.62. The van der Waals surface area contributed by atoms with Crippen LogP contribution in [0.5, 0.6) is 0 Å². The fourth-order valence-electron chi connectivity index (χ4n) is 2.39. The van der Waals surface area contributed by atoms with Gasteiger partial charge in [0.2, 0.25) is 0 Å². The molecular formula is C16H24N2O. The second kappa shape index (κ2) is 6.31. The number of piperazine rings is 1. The van der Waals surface area contributed by atoms with Gasteiger partial charge in [-0.2, -0.15) is 0 Å². The first-order chi connectivity index (χ1) is 9.06. The van der Waals surface area contributed by atoms with Crippen molar-refractivity contribution in [2.45, 2.75) is 20.3 Å². The summed E-state index contributed by atoms with van der Waals surface area (Å²) in [5.74, 6) is 0.266. The number of Topliss-reactive ketones (excluding diaryl/α,β-unsaturated/α-hetero) is 1. The zero-order chi connectivity index (χ0) is 13.8. The SMILES string of the molecule is Cc1ccc(C(=O)CCN2CCN(C)CC2)cc1C. The minimum absolute atomic E-state index is 0.266. The molecule has 1 saturated heterocycles. The van der Waals surface area contributed by atoms with Gasteiger partial charge in [0.25, 0.3) is 0 Å². The van der Waals surface area contributed by atoms with Crippen molar-refractivity contribution in [3.8, 4) is 0 Å². The number of aryl methyl sites for hydroxylation is 2. The number of carbonyl (C=O) groups excluding carboxylic acids is 1. The molecule has 0 spiro atoms. The van der Waals surface area contributed by atoms with E-state index in [9.17, 15) is 4.79 Å². The van der Waals surface area contributed by atoms with Crippen molar-refractivity contribution in [2.24, 2.45) is 0 Å². The summed E-state index contributed by atoms with van der Waals surface area (Å²) in [5, 5.41) is 0. The van der Waals surface area contributed by atoms with Crippen LogP contribution in [0.1, 0.15) is 27.9 Å².